The van der Waals surface area contributed by atoms with Gasteiger partial charge in [0.2, 0.25) is 0 Å². The van der Waals surface area contributed by atoms with Crippen molar-refractivity contribution in [2.45, 2.75) is 6.04 Å². The smallest absolute Gasteiger partial charge is 0.347 e. The van der Waals surface area contributed by atoms with Crippen molar-refractivity contribution in [3.05, 3.63) is 6.92 Å². The minimum atomic E-state index is 0. The maximum atomic E-state index is 3.40. The van der Waals surface area contributed by atoms with Crippen molar-refractivity contribution in [3.8, 4) is 0 Å². The van der Waals surface area contributed by atoms with Gasteiger partial charge < -0.3 is 6.92 Å². The molecule has 0 saturated carbocycles. The summed E-state index contributed by atoms with van der Waals surface area (Å²) in [7, 11) is 3.07. The molecule has 0 aliphatic heterocycles. The number of rotatable bonds is 0. The van der Waals surface area contributed by atoms with Gasteiger partial charge in [-0.3, -0.25) is 0 Å². The molecule has 0 heterocycles. The molecule has 0 aromatic rings. The third kappa shape index (κ3) is 14.0. The first kappa shape index (κ1) is 8.84. The van der Waals surface area contributed by atoms with Gasteiger partial charge in [0, 0.05) is 0 Å². The molecular weight excluding hydrogens is 59.0 g/mol. The van der Waals surface area contributed by atoms with Crippen molar-refractivity contribution in [3.63, 3.8) is 0 Å². The molecule has 0 bridgehead atoms. The molecule has 0 N–H and O–H groups in total. The average molecular weight is 63.1 g/mol. The van der Waals surface area contributed by atoms with Gasteiger partial charge in [-0.05, 0) is 10.2 Å². The van der Waals surface area contributed by atoms with E-state index >= 15 is 0 Å². The summed E-state index contributed by atoms with van der Waals surface area (Å²) in [5.74, 6) is 0. The second kappa shape index (κ2) is 9.18. The van der Waals surface area contributed by atoms with Crippen LogP contribution in [0.2, 0.25) is 6.04 Å². The van der Waals surface area contributed by atoms with Crippen LogP contribution in [0.15, 0.2) is 0 Å². The summed E-state index contributed by atoms with van der Waals surface area (Å²) < 4.78 is 0. The number of hydrogen-bond donors (Lipinski definition) is 0. The molecule has 0 amide bonds. The molecule has 4 heavy (non-hydrogen) atoms. The van der Waals surface area contributed by atoms with E-state index in [0.717, 1.165) is 6.04 Å². The van der Waals surface area contributed by atoms with Crippen LogP contribution in [0, 0.1) is 6.92 Å². The Labute approximate surface area is 42.6 Å². The molecule has 0 atom stereocenters. The van der Waals surface area contributed by atoms with Crippen LogP contribution >= 0.6 is 0 Å². The normalized spacial score (nSPS) is 4.50. The van der Waals surface area contributed by atoms with Crippen molar-refractivity contribution < 1.29 is 18.9 Å². The molecular formula is C2H4LiSi. The third-order valence-electron chi connectivity index (χ3n) is 0. The Kier molecular flexibility index (Phi) is 20.3. The van der Waals surface area contributed by atoms with Gasteiger partial charge in [-0.15, -0.1) is 0 Å². The fourth-order valence-electron chi connectivity index (χ4n) is 0. The predicted octanol–water partition coefficient (Wildman–Crippen LogP) is -2.59. The van der Waals surface area contributed by atoms with Crippen LogP contribution in [0.4, 0.5) is 0 Å². The van der Waals surface area contributed by atoms with Gasteiger partial charge in [-0.25, -0.2) is 0 Å². The van der Waals surface area contributed by atoms with Crippen LogP contribution in [0.3, 0.4) is 0 Å². The zero-order valence-electron chi connectivity index (χ0n) is 2.91. The van der Waals surface area contributed by atoms with E-state index in [1.807, 2.05) is 0 Å². The van der Waals surface area contributed by atoms with E-state index in [1.54, 1.807) is 0 Å². The van der Waals surface area contributed by atoms with Crippen LogP contribution in [0.5, 0.6) is 0 Å². The molecule has 0 saturated heterocycles. The molecule has 0 aromatic heterocycles. The maximum absolute atomic E-state index is 3.40. The van der Waals surface area contributed by atoms with E-state index in [0.29, 0.717) is 0 Å². The van der Waals surface area contributed by atoms with Gasteiger partial charge in [0.05, 0.1) is 0 Å². The van der Waals surface area contributed by atoms with Crippen molar-refractivity contribution in [2.75, 3.05) is 0 Å². The summed E-state index contributed by atoms with van der Waals surface area (Å²) in [5, 5.41) is 0. The SMILES string of the molecule is [CH2-]C[Si].[Li+]. The Hall–Kier alpha value is 0.814. The van der Waals surface area contributed by atoms with Crippen LogP contribution in [-0.2, 0) is 0 Å². The third-order valence-corrected chi connectivity index (χ3v) is 0. The largest absolute Gasteiger partial charge is 1.00 e. The van der Waals surface area contributed by atoms with Crippen molar-refractivity contribution in [1.29, 1.82) is 0 Å². The van der Waals surface area contributed by atoms with Crippen molar-refractivity contribution >= 4 is 10.2 Å². The van der Waals surface area contributed by atoms with Gasteiger partial charge in [-0.1, -0.05) is 0 Å². The van der Waals surface area contributed by atoms with Crippen LogP contribution in [0.1, 0.15) is 0 Å². The Bertz CT molecular complexity index is 6.00. The first-order chi connectivity index (χ1) is 1.41. The number of hydrogen-bond acceptors (Lipinski definition) is 0. The van der Waals surface area contributed by atoms with Gasteiger partial charge in [-0.2, -0.15) is 6.04 Å². The van der Waals surface area contributed by atoms with Crippen LogP contribution in [-0.4, -0.2) is 10.2 Å². The molecule has 3 radical (unpaired) electrons. The Balaban J connectivity index is 0. The second-order valence-electron chi connectivity index (χ2n) is 0.250. The van der Waals surface area contributed by atoms with E-state index in [1.165, 1.54) is 0 Å². The zero-order chi connectivity index (χ0) is 2.71. The quantitative estimate of drug-likeness (QED) is 0.214. The molecule has 2 heteroatoms. The molecule has 0 spiro atoms. The molecule has 0 aromatic carbocycles. The van der Waals surface area contributed by atoms with E-state index in [4.69, 9.17) is 0 Å². The molecule has 0 fully saturated rings. The predicted molar refractivity (Wildman–Crippen MR) is 15.9 cm³/mol. The van der Waals surface area contributed by atoms with E-state index < -0.39 is 0 Å². The monoisotopic (exact) mass is 63.0 g/mol. The summed E-state index contributed by atoms with van der Waals surface area (Å²) >= 11 is 0. The molecule has 0 nitrogen and oxygen atoms in total. The Morgan fingerprint density at radius 3 is 1.75 bits per heavy atom. The second-order valence-corrected chi connectivity index (χ2v) is 0.750. The average Bonchev–Trinajstić information content (AvgIpc) is 0.918. The fraction of sp³-hybridized carbons (Fsp3) is 0.500. The maximum Gasteiger partial charge on any atom is 1.00 e. The van der Waals surface area contributed by atoms with Crippen LogP contribution < -0.4 is 18.9 Å². The minimum Gasteiger partial charge on any atom is -0.347 e. The van der Waals surface area contributed by atoms with Crippen molar-refractivity contribution in [2.24, 2.45) is 0 Å². The fourth-order valence-corrected chi connectivity index (χ4v) is 0. The summed E-state index contributed by atoms with van der Waals surface area (Å²) in [6, 6.07) is 0.806. The van der Waals surface area contributed by atoms with E-state index in [9.17, 15) is 0 Å². The summed E-state index contributed by atoms with van der Waals surface area (Å²) in [4.78, 5) is 0. The van der Waals surface area contributed by atoms with Crippen molar-refractivity contribution in [1.82, 2.24) is 0 Å². The minimum absolute atomic E-state index is 0. The summed E-state index contributed by atoms with van der Waals surface area (Å²) in [6.07, 6.45) is 0. The standard InChI is InChI=1S/C2H4Si.Li/c1-2-3;/h1-2H2;/q-1;+1. The Morgan fingerprint density at radius 2 is 1.75 bits per heavy atom. The van der Waals surface area contributed by atoms with E-state index in [2.05, 4.69) is 17.2 Å². The first-order valence-electron chi connectivity index (χ1n) is 0.854. The molecule has 0 aliphatic rings. The van der Waals surface area contributed by atoms with Crippen LogP contribution in [0.25, 0.3) is 0 Å². The Morgan fingerprint density at radius 1 is 1.75 bits per heavy atom. The first-order valence-corrected chi connectivity index (χ1v) is 1.56. The van der Waals surface area contributed by atoms with E-state index in [-0.39, 0.29) is 18.9 Å². The molecule has 0 rings (SSSR count). The van der Waals surface area contributed by atoms with Gasteiger partial charge >= 0.3 is 18.9 Å². The van der Waals surface area contributed by atoms with Gasteiger partial charge in [0.1, 0.15) is 0 Å². The van der Waals surface area contributed by atoms with Gasteiger partial charge in [0.25, 0.3) is 0 Å². The molecule has 17 valence electrons. The van der Waals surface area contributed by atoms with Gasteiger partial charge in [0.15, 0.2) is 0 Å². The molecule has 0 aliphatic carbocycles. The zero-order valence-corrected chi connectivity index (χ0v) is 3.91. The summed E-state index contributed by atoms with van der Waals surface area (Å²) in [6.45, 7) is 3.40. The topological polar surface area (TPSA) is 0 Å². The molecule has 0 unspecified atom stereocenters. The summed E-state index contributed by atoms with van der Waals surface area (Å²) in [5.41, 5.74) is 0.